The van der Waals surface area contributed by atoms with E-state index < -0.39 is 70.4 Å². The first kappa shape index (κ1) is 28.8. The molecule has 0 heterocycles. The molecular formula is C29H30N4O9. The van der Waals surface area contributed by atoms with Crippen molar-refractivity contribution in [3.05, 3.63) is 58.7 Å². The summed E-state index contributed by atoms with van der Waals surface area (Å²) in [4.78, 5) is 65.6. The van der Waals surface area contributed by atoms with Crippen LogP contribution in [0.25, 0.3) is 5.76 Å². The lowest BCUT2D eigenvalue weighted by atomic mass is 9.56. The van der Waals surface area contributed by atoms with Crippen molar-refractivity contribution in [1.82, 2.24) is 5.32 Å². The number of aliphatic hydroxyl groups excluding tert-OH is 2. The SMILES string of the molecule is CN(C)c1cc(NC(=O)NC(=O)c2ccccc2)c(O)c2c1C[C@H]1C[C@H]3CC(O)C(C(N)=O)C(=O)[C@@]3(O)C(=O)C1=C2O. The average molecular weight is 579 g/mol. The van der Waals surface area contributed by atoms with Crippen LogP contribution in [-0.4, -0.2) is 75.6 Å². The summed E-state index contributed by atoms with van der Waals surface area (Å²) in [6, 6.07) is 8.44. The van der Waals surface area contributed by atoms with E-state index in [4.69, 9.17) is 5.73 Å². The number of aliphatic hydroxyl groups is 3. The normalized spacial score (nSPS) is 26.5. The Kier molecular flexibility index (Phi) is 7.03. The van der Waals surface area contributed by atoms with E-state index in [1.165, 1.54) is 18.2 Å². The summed E-state index contributed by atoms with van der Waals surface area (Å²) >= 11 is 0. The summed E-state index contributed by atoms with van der Waals surface area (Å²) < 4.78 is 0. The van der Waals surface area contributed by atoms with Gasteiger partial charge in [-0.15, -0.1) is 0 Å². The van der Waals surface area contributed by atoms with Crippen molar-refractivity contribution in [2.45, 2.75) is 31.0 Å². The third-order valence-electron chi connectivity index (χ3n) is 8.35. The van der Waals surface area contributed by atoms with Crippen molar-refractivity contribution >= 4 is 46.5 Å². The molecule has 8 N–H and O–H groups in total. The summed E-state index contributed by atoms with van der Waals surface area (Å²) in [7, 11) is 3.38. The molecule has 220 valence electrons. The maximum absolute atomic E-state index is 13.7. The Morgan fingerprint density at radius 1 is 1.07 bits per heavy atom. The quantitative estimate of drug-likeness (QED) is 0.198. The number of nitrogens with zero attached hydrogens (tertiary/aromatic N) is 1. The van der Waals surface area contributed by atoms with Crippen LogP contribution in [0.2, 0.25) is 0 Å². The second-order valence-electron chi connectivity index (χ2n) is 11.1. The highest BCUT2D eigenvalue weighted by Gasteiger charge is 2.64. The topological polar surface area (TPSA) is 220 Å². The molecule has 0 aromatic heterocycles. The van der Waals surface area contributed by atoms with E-state index in [9.17, 15) is 44.4 Å². The Bertz CT molecular complexity index is 1570. The minimum Gasteiger partial charge on any atom is -0.507 e. The minimum absolute atomic E-state index is 0.0208. The number of hydrogen-bond donors (Lipinski definition) is 7. The van der Waals surface area contributed by atoms with Gasteiger partial charge in [0.05, 0.1) is 17.4 Å². The lowest BCUT2D eigenvalue weighted by molar-refractivity contribution is -0.174. The van der Waals surface area contributed by atoms with Crippen LogP contribution in [0.15, 0.2) is 42.0 Å². The van der Waals surface area contributed by atoms with Gasteiger partial charge < -0.3 is 36.4 Å². The van der Waals surface area contributed by atoms with Crippen molar-refractivity contribution in [2.24, 2.45) is 23.5 Å². The predicted molar refractivity (Wildman–Crippen MR) is 148 cm³/mol. The number of imide groups is 1. The van der Waals surface area contributed by atoms with Gasteiger partial charge in [-0.3, -0.25) is 24.5 Å². The number of phenols is 1. The van der Waals surface area contributed by atoms with E-state index in [1.807, 2.05) is 0 Å². The number of rotatable bonds is 4. The highest BCUT2D eigenvalue weighted by molar-refractivity contribution is 6.25. The van der Waals surface area contributed by atoms with Gasteiger partial charge in [-0.1, -0.05) is 18.2 Å². The number of aromatic hydroxyl groups is 1. The lowest BCUT2D eigenvalue weighted by Gasteiger charge is -2.48. The van der Waals surface area contributed by atoms with Crippen LogP contribution in [0.4, 0.5) is 16.2 Å². The summed E-state index contributed by atoms with van der Waals surface area (Å²) in [5.41, 5.74) is 3.01. The molecule has 2 fully saturated rings. The number of carbonyl (C=O) groups excluding carboxylic acids is 5. The van der Waals surface area contributed by atoms with E-state index in [1.54, 1.807) is 37.2 Å². The molecule has 13 heteroatoms. The number of benzene rings is 2. The minimum atomic E-state index is -2.70. The number of nitrogens with one attached hydrogen (secondary N) is 2. The first-order chi connectivity index (χ1) is 19.8. The molecule has 13 nitrogen and oxygen atoms in total. The molecule has 3 aliphatic carbocycles. The van der Waals surface area contributed by atoms with Gasteiger partial charge in [0.2, 0.25) is 11.7 Å². The van der Waals surface area contributed by atoms with Crippen molar-refractivity contribution in [2.75, 3.05) is 24.3 Å². The van der Waals surface area contributed by atoms with Gasteiger partial charge in [0.25, 0.3) is 5.91 Å². The average Bonchev–Trinajstić information content (AvgIpc) is 2.92. The summed E-state index contributed by atoms with van der Waals surface area (Å²) in [6.07, 6.45) is -1.58. The molecule has 2 aromatic carbocycles. The molecule has 4 amide bonds. The number of amides is 4. The van der Waals surface area contributed by atoms with Gasteiger partial charge in [-0.2, -0.15) is 0 Å². The van der Waals surface area contributed by atoms with Crippen molar-refractivity contribution in [3.8, 4) is 5.75 Å². The van der Waals surface area contributed by atoms with E-state index in [0.717, 1.165) is 0 Å². The number of anilines is 2. The molecule has 0 bridgehead atoms. The zero-order chi connectivity index (χ0) is 30.7. The van der Waals surface area contributed by atoms with Crippen LogP contribution in [0.5, 0.6) is 5.75 Å². The Morgan fingerprint density at radius 2 is 1.74 bits per heavy atom. The van der Waals surface area contributed by atoms with E-state index in [-0.39, 0.29) is 41.6 Å². The van der Waals surface area contributed by atoms with Gasteiger partial charge in [-0.05, 0) is 48.9 Å². The summed E-state index contributed by atoms with van der Waals surface area (Å²) in [5, 5.41) is 49.0. The first-order valence-electron chi connectivity index (χ1n) is 13.2. The van der Waals surface area contributed by atoms with E-state index >= 15 is 0 Å². The standard InChI is InChI=1S/C29H30N4O9/c1-33(2)17-11-16(31-28(41)32-27(40)12-6-4-3-5-7-12)22(35)20-15(17)9-13-8-14-10-18(34)21(26(30)39)25(38)29(14,42)24(37)19(13)23(20)36/h3-7,11,13-14,18,21,34-36,42H,8-10H2,1-2H3,(H2,30,39)(H2,31,32,40,41)/t13-,14+,18?,21?,29+/m1/s1. The number of nitrogens with two attached hydrogens (primary N) is 1. The molecule has 42 heavy (non-hydrogen) atoms. The molecule has 3 aliphatic rings. The number of Topliss-reactive ketones (excluding diaryl/α,β-unsaturated/α-hetero) is 2. The van der Waals surface area contributed by atoms with Crippen LogP contribution in [0.1, 0.15) is 34.3 Å². The van der Waals surface area contributed by atoms with Crippen LogP contribution >= 0.6 is 0 Å². The molecule has 0 aliphatic heterocycles. The Morgan fingerprint density at radius 3 is 2.36 bits per heavy atom. The van der Waals surface area contributed by atoms with Crippen molar-refractivity contribution in [1.29, 1.82) is 0 Å². The summed E-state index contributed by atoms with van der Waals surface area (Å²) in [6.45, 7) is 0. The molecule has 5 atom stereocenters. The van der Waals surface area contributed by atoms with Crippen LogP contribution in [-0.2, 0) is 20.8 Å². The Labute approximate surface area is 239 Å². The largest absolute Gasteiger partial charge is 0.507 e. The number of carbonyl (C=O) groups is 5. The van der Waals surface area contributed by atoms with Gasteiger partial charge in [0, 0.05) is 36.8 Å². The molecule has 0 spiro atoms. The molecule has 5 rings (SSSR count). The zero-order valence-electron chi connectivity index (χ0n) is 22.7. The number of phenolic OH excluding ortho intramolecular Hbond substituents is 1. The van der Waals surface area contributed by atoms with Crippen LogP contribution in [0.3, 0.4) is 0 Å². The first-order valence-corrected chi connectivity index (χ1v) is 13.2. The monoisotopic (exact) mass is 578 g/mol. The lowest BCUT2D eigenvalue weighted by Crippen LogP contribution is -2.66. The fourth-order valence-electron chi connectivity index (χ4n) is 6.39. The molecule has 2 unspecified atom stereocenters. The van der Waals surface area contributed by atoms with Crippen LogP contribution in [0, 0.1) is 17.8 Å². The van der Waals surface area contributed by atoms with E-state index in [2.05, 4.69) is 10.6 Å². The Hall–Kier alpha value is -4.75. The van der Waals surface area contributed by atoms with Crippen molar-refractivity contribution in [3.63, 3.8) is 0 Å². The van der Waals surface area contributed by atoms with Gasteiger partial charge in [-0.25, -0.2) is 4.79 Å². The highest BCUT2D eigenvalue weighted by atomic mass is 16.3. The maximum Gasteiger partial charge on any atom is 0.326 e. The van der Waals surface area contributed by atoms with Gasteiger partial charge in [0.15, 0.2) is 17.1 Å². The van der Waals surface area contributed by atoms with Gasteiger partial charge in [0.1, 0.15) is 11.7 Å². The van der Waals surface area contributed by atoms with Gasteiger partial charge >= 0.3 is 6.03 Å². The molecular weight excluding hydrogens is 548 g/mol. The number of urea groups is 1. The zero-order valence-corrected chi connectivity index (χ0v) is 22.7. The number of primary amides is 1. The fraction of sp³-hybridized carbons (Fsp3) is 0.345. The third kappa shape index (κ3) is 4.37. The number of fused-ring (bicyclic) bond motifs is 3. The number of ketones is 2. The second kappa shape index (κ2) is 10.3. The Balaban J connectivity index is 1.55. The second-order valence-corrected chi connectivity index (χ2v) is 11.1. The maximum atomic E-state index is 13.7. The molecule has 0 radical (unpaired) electrons. The highest BCUT2D eigenvalue weighted by Crippen LogP contribution is 2.53. The fourth-order valence-corrected chi connectivity index (χ4v) is 6.39. The summed E-state index contributed by atoms with van der Waals surface area (Å²) in [5.74, 6) is -9.08. The van der Waals surface area contributed by atoms with E-state index in [0.29, 0.717) is 11.3 Å². The van der Waals surface area contributed by atoms with Crippen molar-refractivity contribution < 1.29 is 44.4 Å². The van der Waals surface area contributed by atoms with Crippen LogP contribution < -0.4 is 21.3 Å². The number of hydrogen-bond acceptors (Lipinski definition) is 10. The predicted octanol–water partition coefficient (Wildman–Crippen LogP) is 0.617. The smallest absolute Gasteiger partial charge is 0.326 e. The molecule has 2 aromatic rings. The molecule has 0 saturated heterocycles. The third-order valence-corrected chi connectivity index (χ3v) is 8.35. The molecule has 2 saturated carbocycles.